The number of non-ortho nitro benzene ring substituents is 1. The third-order valence-electron chi connectivity index (χ3n) is 6.00. The van der Waals surface area contributed by atoms with Crippen LogP contribution in [0.1, 0.15) is 20.7 Å². The molecule has 5 rings (SSSR count). The zero-order chi connectivity index (χ0) is 25.8. The lowest BCUT2D eigenvalue weighted by molar-refractivity contribution is -0.384. The Labute approximate surface area is 216 Å². The predicted octanol–water partition coefficient (Wildman–Crippen LogP) is 6.37. The van der Waals surface area contributed by atoms with Crippen LogP contribution in [0.15, 0.2) is 97.1 Å². The number of benzene rings is 4. The fourth-order valence-corrected chi connectivity index (χ4v) is 5.28. The number of ketones is 1. The van der Waals surface area contributed by atoms with E-state index in [4.69, 9.17) is 4.74 Å². The highest BCUT2D eigenvalue weighted by atomic mass is 32.1. The lowest BCUT2D eigenvalue weighted by Gasteiger charge is -2.22. The zero-order valence-electron chi connectivity index (χ0n) is 19.7. The SMILES string of the molecule is O=C(CN(CCOc1ccc2c(c1)sc1ccccc12)C(=O)c1ccccc1)c1cccc([N+](=O)[O-])c1. The number of ether oxygens (including phenoxy) is 1. The number of thiophene rings is 1. The first-order chi connectivity index (χ1) is 18.0. The summed E-state index contributed by atoms with van der Waals surface area (Å²) in [4.78, 5) is 38.2. The van der Waals surface area contributed by atoms with E-state index in [1.807, 2.05) is 36.4 Å². The van der Waals surface area contributed by atoms with Crippen LogP contribution in [0.2, 0.25) is 0 Å². The van der Waals surface area contributed by atoms with Crippen LogP contribution >= 0.6 is 11.3 Å². The number of carbonyl (C=O) groups is 2. The van der Waals surface area contributed by atoms with E-state index in [-0.39, 0.29) is 42.6 Å². The largest absolute Gasteiger partial charge is 0.492 e. The Morgan fingerprint density at radius 1 is 0.811 bits per heavy atom. The van der Waals surface area contributed by atoms with Gasteiger partial charge in [-0.15, -0.1) is 11.3 Å². The first kappa shape index (κ1) is 24.1. The molecule has 184 valence electrons. The van der Waals surface area contributed by atoms with Gasteiger partial charge in [0.15, 0.2) is 5.78 Å². The first-order valence-electron chi connectivity index (χ1n) is 11.7. The van der Waals surface area contributed by atoms with Gasteiger partial charge >= 0.3 is 0 Å². The second-order valence-electron chi connectivity index (χ2n) is 8.43. The fourth-order valence-electron chi connectivity index (χ4n) is 4.14. The van der Waals surface area contributed by atoms with Gasteiger partial charge in [-0.3, -0.25) is 19.7 Å². The molecule has 4 aromatic carbocycles. The van der Waals surface area contributed by atoms with Crippen molar-refractivity contribution in [2.75, 3.05) is 19.7 Å². The molecule has 8 heteroatoms. The van der Waals surface area contributed by atoms with Crippen LogP contribution < -0.4 is 4.74 Å². The summed E-state index contributed by atoms with van der Waals surface area (Å²) in [7, 11) is 0. The monoisotopic (exact) mass is 510 g/mol. The summed E-state index contributed by atoms with van der Waals surface area (Å²) in [6, 6.07) is 28.3. The van der Waals surface area contributed by atoms with Crippen LogP contribution in [-0.2, 0) is 0 Å². The minimum absolute atomic E-state index is 0.166. The third-order valence-corrected chi connectivity index (χ3v) is 7.14. The van der Waals surface area contributed by atoms with Gasteiger partial charge in [0.05, 0.1) is 18.0 Å². The highest BCUT2D eigenvalue weighted by Gasteiger charge is 2.21. The molecule has 0 fully saturated rings. The summed E-state index contributed by atoms with van der Waals surface area (Å²) < 4.78 is 8.29. The molecule has 1 aromatic heterocycles. The first-order valence-corrected chi connectivity index (χ1v) is 12.5. The summed E-state index contributed by atoms with van der Waals surface area (Å²) in [5, 5.41) is 13.5. The number of nitro groups is 1. The quantitative estimate of drug-likeness (QED) is 0.131. The summed E-state index contributed by atoms with van der Waals surface area (Å²) in [5.74, 6) is -0.0289. The van der Waals surface area contributed by atoms with Gasteiger partial charge in [-0.05, 0) is 36.4 Å². The van der Waals surface area contributed by atoms with E-state index in [2.05, 4.69) is 12.1 Å². The highest BCUT2D eigenvalue weighted by molar-refractivity contribution is 7.25. The molecule has 0 radical (unpaired) electrons. The molecule has 0 unspecified atom stereocenters. The molecule has 7 nitrogen and oxygen atoms in total. The van der Waals surface area contributed by atoms with Crippen molar-refractivity contribution in [3.8, 4) is 5.75 Å². The van der Waals surface area contributed by atoms with E-state index in [0.717, 1.165) is 10.1 Å². The molecule has 0 spiro atoms. The number of nitro benzene ring substituents is 1. The van der Waals surface area contributed by atoms with Crippen LogP contribution in [0.25, 0.3) is 20.2 Å². The maximum atomic E-state index is 13.2. The van der Waals surface area contributed by atoms with Gasteiger partial charge in [-0.1, -0.05) is 48.5 Å². The van der Waals surface area contributed by atoms with E-state index >= 15 is 0 Å². The molecule has 0 bridgehead atoms. The molecule has 1 heterocycles. The highest BCUT2D eigenvalue weighted by Crippen LogP contribution is 2.35. The van der Waals surface area contributed by atoms with E-state index in [1.54, 1.807) is 35.6 Å². The van der Waals surface area contributed by atoms with Crippen molar-refractivity contribution < 1.29 is 19.2 Å². The molecule has 0 saturated carbocycles. The van der Waals surface area contributed by atoms with Gasteiger partial charge in [-0.25, -0.2) is 0 Å². The van der Waals surface area contributed by atoms with E-state index in [1.165, 1.54) is 39.3 Å². The number of Topliss-reactive ketones (excluding diaryl/α,β-unsaturated/α-hetero) is 1. The number of fused-ring (bicyclic) bond motifs is 3. The molecular weight excluding hydrogens is 488 g/mol. The molecule has 37 heavy (non-hydrogen) atoms. The summed E-state index contributed by atoms with van der Waals surface area (Å²) >= 11 is 1.69. The maximum Gasteiger partial charge on any atom is 0.270 e. The number of hydrogen-bond donors (Lipinski definition) is 0. The van der Waals surface area contributed by atoms with Crippen LogP contribution in [0.5, 0.6) is 5.75 Å². The number of rotatable bonds is 9. The Bertz CT molecular complexity index is 1610. The predicted molar refractivity (Wildman–Crippen MR) is 145 cm³/mol. The minimum Gasteiger partial charge on any atom is -0.492 e. The summed E-state index contributed by atoms with van der Waals surface area (Å²) in [5.41, 5.74) is 0.448. The normalized spacial score (nSPS) is 10.9. The average molecular weight is 511 g/mol. The van der Waals surface area contributed by atoms with Crippen molar-refractivity contribution in [3.05, 3.63) is 118 Å². The molecule has 1 amide bonds. The maximum absolute atomic E-state index is 13.2. The van der Waals surface area contributed by atoms with Crippen molar-refractivity contribution in [3.63, 3.8) is 0 Å². The molecule has 0 aliphatic carbocycles. The Hall–Kier alpha value is -4.56. The van der Waals surface area contributed by atoms with Crippen LogP contribution in [-0.4, -0.2) is 41.2 Å². The topological polar surface area (TPSA) is 89.8 Å². The number of amides is 1. The fraction of sp³-hybridized carbons (Fsp3) is 0.103. The molecule has 0 atom stereocenters. The lowest BCUT2D eigenvalue weighted by atomic mass is 10.1. The molecule has 0 aliphatic heterocycles. The van der Waals surface area contributed by atoms with Gasteiger partial charge < -0.3 is 9.64 Å². The van der Waals surface area contributed by atoms with Crippen molar-refractivity contribution in [2.24, 2.45) is 0 Å². The number of hydrogen-bond acceptors (Lipinski definition) is 6. The number of carbonyl (C=O) groups excluding carboxylic acids is 2. The zero-order valence-corrected chi connectivity index (χ0v) is 20.5. The second-order valence-corrected chi connectivity index (χ2v) is 9.51. The lowest BCUT2D eigenvalue weighted by Crippen LogP contribution is -2.38. The van der Waals surface area contributed by atoms with Gasteiger partial charge in [0.25, 0.3) is 11.6 Å². The molecular formula is C29H22N2O5S. The van der Waals surface area contributed by atoms with E-state index in [9.17, 15) is 19.7 Å². The third kappa shape index (κ3) is 5.34. The van der Waals surface area contributed by atoms with Crippen LogP contribution in [0.3, 0.4) is 0 Å². The van der Waals surface area contributed by atoms with Gasteiger partial charge in [-0.2, -0.15) is 0 Å². The second kappa shape index (κ2) is 10.6. The van der Waals surface area contributed by atoms with Gasteiger partial charge in [0.1, 0.15) is 12.4 Å². The summed E-state index contributed by atoms with van der Waals surface area (Å²) in [6.07, 6.45) is 0. The van der Waals surface area contributed by atoms with Crippen molar-refractivity contribution >= 4 is 48.9 Å². The van der Waals surface area contributed by atoms with Crippen LogP contribution in [0, 0.1) is 10.1 Å². The number of nitrogens with zero attached hydrogens (tertiary/aromatic N) is 2. The average Bonchev–Trinajstić information content (AvgIpc) is 3.30. The Morgan fingerprint density at radius 3 is 2.35 bits per heavy atom. The van der Waals surface area contributed by atoms with Crippen molar-refractivity contribution in [2.45, 2.75) is 0 Å². The summed E-state index contributed by atoms with van der Waals surface area (Å²) in [6.45, 7) is 0.115. The smallest absolute Gasteiger partial charge is 0.270 e. The van der Waals surface area contributed by atoms with Crippen LogP contribution in [0.4, 0.5) is 5.69 Å². The standard InChI is InChI=1S/C29H22N2O5S/c32-26(21-9-6-10-22(17-21)31(34)35)19-30(29(33)20-7-2-1-3-8-20)15-16-36-23-13-14-25-24-11-4-5-12-27(24)37-28(25)18-23/h1-14,17-18H,15-16,19H2. The van der Waals surface area contributed by atoms with Crippen molar-refractivity contribution in [1.82, 2.24) is 4.90 Å². The molecule has 0 saturated heterocycles. The Balaban J connectivity index is 1.32. The van der Waals surface area contributed by atoms with Gasteiger partial charge in [0, 0.05) is 43.4 Å². The molecule has 0 aliphatic rings. The Kier molecular flexibility index (Phi) is 6.91. The van der Waals surface area contributed by atoms with Gasteiger partial charge in [0.2, 0.25) is 0 Å². The van der Waals surface area contributed by atoms with E-state index < -0.39 is 4.92 Å². The minimum atomic E-state index is -0.551. The van der Waals surface area contributed by atoms with Crippen molar-refractivity contribution in [1.29, 1.82) is 0 Å². The molecule has 5 aromatic rings. The molecule has 0 N–H and O–H groups in total. The van der Waals surface area contributed by atoms with E-state index in [0.29, 0.717) is 11.3 Å². The Morgan fingerprint density at radius 2 is 1.54 bits per heavy atom.